The Bertz CT molecular complexity index is 732. The molecule has 0 aliphatic carbocycles. The van der Waals surface area contributed by atoms with Gasteiger partial charge in [-0.1, -0.05) is 0 Å². The van der Waals surface area contributed by atoms with E-state index in [0.717, 1.165) is 22.5 Å². The predicted molar refractivity (Wildman–Crippen MR) is 78.4 cm³/mol. The monoisotopic (exact) mass is 335 g/mol. The molecule has 7 nitrogen and oxygen atoms in total. The third-order valence-electron chi connectivity index (χ3n) is 2.98. The molecule has 0 saturated carbocycles. The van der Waals surface area contributed by atoms with E-state index in [0.29, 0.717) is 12.3 Å². The molecule has 3 rings (SSSR count). The summed E-state index contributed by atoms with van der Waals surface area (Å²) in [6.45, 7) is 3.58. The highest BCUT2D eigenvalue weighted by molar-refractivity contribution is 9.10. The van der Waals surface area contributed by atoms with E-state index in [4.69, 9.17) is 0 Å². The fourth-order valence-electron chi connectivity index (χ4n) is 2.00. The second-order valence-corrected chi connectivity index (χ2v) is 5.35. The van der Waals surface area contributed by atoms with Crippen molar-refractivity contribution in [2.24, 2.45) is 7.05 Å². The Labute approximate surface area is 124 Å². The molecule has 0 aliphatic rings. The predicted octanol–water partition coefficient (Wildman–Crippen LogP) is 1.65. The molecule has 0 spiro atoms. The summed E-state index contributed by atoms with van der Waals surface area (Å²) < 4.78 is 4.34. The average molecular weight is 336 g/mol. The standard InChI is InChI=1S/C12H14BrN7/c1-3-19(10-5-15-18(2)7-10)8-11-16-12-14-4-9(13)6-20(12)17-11/h4-7H,3,8H2,1-2H3. The van der Waals surface area contributed by atoms with Crippen molar-refractivity contribution >= 4 is 27.4 Å². The minimum Gasteiger partial charge on any atom is -0.362 e. The number of nitrogens with zero attached hydrogens (tertiary/aromatic N) is 7. The number of fused-ring (bicyclic) bond motifs is 1. The average Bonchev–Trinajstić information content (AvgIpc) is 3.01. The number of halogens is 1. The van der Waals surface area contributed by atoms with Crippen LogP contribution in [0, 0.1) is 0 Å². The summed E-state index contributed by atoms with van der Waals surface area (Å²) in [7, 11) is 1.90. The maximum atomic E-state index is 4.44. The van der Waals surface area contributed by atoms with Gasteiger partial charge in [-0.15, -0.1) is 5.10 Å². The van der Waals surface area contributed by atoms with Crippen molar-refractivity contribution in [3.63, 3.8) is 0 Å². The Hall–Kier alpha value is -1.96. The molecule has 3 aromatic rings. The number of hydrogen-bond acceptors (Lipinski definition) is 5. The summed E-state index contributed by atoms with van der Waals surface area (Å²) in [4.78, 5) is 10.8. The first kappa shape index (κ1) is 13.0. The molecular formula is C12H14BrN7. The van der Waals surface area contributed by atoms with Crippen LogP contribution in [0.5, 0.6) is 0 Å². The summed E-state index contributed by atoms with van der Waals surface area (Å²) in [6, 6.07) is 0. The van der Waals surface area contributed by atoms with Crippen molar-refractivity contribution in [2.45, 2.75) is 13.5 Å². The quantitative estimate of drug-likeness (QED) is 0.725. The van der Waals surface area contributed by atoms with Gasteiger partial charge >= 0.3 is 0 Å². The lowest BCUT2D eigenvalue weighted by atomic mass is 10.4. The lowest BCUT2D eigenvalue weighted by Gasteiger charge is -2.18. The van der Waals surface area contributed by atoms with Gasteiger partial charge in [0.2, 0.25) is 0 Å². The molecule has 0 aliphatic heterocycles. The van der Waals surface area contributed by atoms with Crippen molar-refractivity contribution in [1.82, 2.24) is 29.4 Å². The highest BCUT2D eigenvalue weighted by atomic mass is 79.9. The molecule has 8 heteroatoms. The van der Waals surface area contributed by atoms with E-state index in [2.05, 4.69) is 47.9 Å². The largest absolute Gasteiger partial charge is 0.362 e. The molecule has 0 radical (unpaired) electrons. The number of anilines is 1. The molecule has 0 fully saturated rings. The first-order valence-electron chi connectivity index (χ1n) is 6.26. The molecule has 3 aromatic heterocycles. The van der Waals surface area contributed by atoms with Gasteiger partial charge in [-0.2, -0.15) is 10.1 Å². The molecule has 3 heterocycles. The molecular weight excluding hydrogens is 322 g/mol. The topological polar surface area (TPSA) is 64.1 Å². The van der Waals surface area contributed by atoms with Gasteiger partial charge in [-0.05, 0) is 22.9 Å². The van der Waals surface area contributed by atoms with Crippen LogP contribution in [-0.4, -0.2) is 35.9 Å². The van der Waals surface area contributed by atoms with E-state index in [1.807, 2.05) is 25.6 Å². The lowest BCUT2D eigenvalue weighted by molar-refractivity contribution is 0.760. The van der Waals surface area contributed by atoms with Crippen molar-refractivity contribution < 1.29 is 0 Å². The van der Waals surface area contributed by atoms with Crippen LogP contribution in [0.4, 0.5) is 5.69 Å². The number of hydrogen-bond donors (Lipinski definition) is 0. The maximum absolute atomic E-state index is 4.44. The van der Waals surface area contributed by atoms with Gasteiger partial charge in [0.1, 0.15) is 0 Å². The van der Waals surface area contributed by atoms with Gasteiger partial charge in [-0.3, -0.25) is 4.68 Å². The SMILES string of the molecule is CCN(Cc1nc2ncc(Br)cn2n1)c1cnn(C)c1. The third-order valence-corrected chi connectivity index (χ3v) is 3.39. The Morgan fingerprint density at radius 1 is 1.30 bits per heavy atom. The minimum absolute atomic E-state index is 0.602. The van der Waals surface area contributed by atoms with E-state index >= 15 is 0 Å². The zero-order chi connectivity index (χ0) is 14.1. The molecule has 0 aromatic carbocycles. The second-order valence-electron chi connectivity index (χ2n) is 4.43. The van der Waals surface area contributed by atoms with Gasteiger partial charge in [0, 0.05) is 32.2 Å². The van der Waals surface area contributed by atoms with Crippen molar-refractivity contribution in [1.29, 1.82) is 0 Å². The third kappa shape index (κ3) is 2.51. The van der Waals surface area contributed by atoms with Crippen molar-refractivity contribution in [2.75, 3.05) is 11.4 Å². The molecule has 104 valence electrons. The van der Waals surface area contributed by atoms with Crippen LogP contribution in [0.1, 0.15) is 12.7 Å². The highest BCUT2D eigenvalue weighted by Gasteiger charge is 2.11. The van der Waals surface area contributed by atoms with E-state index in [9.17, 15) is 0 Å². The number of rotatable bonds is 4. The lowest BCUT2D eigenvalue weighted by Crippen LogP contribution is -2.22. The van der Waals surface area contributed by atoms with E-state index in [1.165, 1.54) is 0 Å². The van der Waals surface area contributed by atoms with Gasteiger partial charge in [0.25, 0.3) is 5.78 Å². The van der Waals surface area contributed by atoms with Crippen LogP contribution in [-0.2, 0) is 13.6 Å². The number of aromatic nitrogens is 6. The summed E-state index contributed by atoms with van der Waals surface area (Å²) in [6.07, 6.45) is 7.38. The van der Waals surface area contributed by atoms with E-state index in [1.54, 1.807) is 15.4 Å². The second kappa shape index (κ2) is 5.20. The highest BCUT2D eigenvalue weighted by Crippen LogP contribution is 2.15. The number of aryl methyl sites for hydroxylation is 1. The fourth-order valence-corrected chi connectivity index (χ4v) is 2.29. The van der Waals surface area contributed by atoms with Crippen LogP contribution in [0.3, 0.4) is 0 Å². The molecule has 0 saturated heterocycles. The van der Waals surface area contributed by atoms with Crippen LogP contribution in [0.2, 0.25) is 0 Å². The Balaban J connectivity index is 1.87. The van der Waals surface area contributed by atoms with Crippen LogP contribution >= 0.6 is 15.9 Å². The van der Waals surface area contributed by atoms with Crippen molar-refractivity contribution in [3.8, 4) is 0 Å². The molecule has 20 heavy (non-hydrogen) atoms. The zero-order valence-corrected chi connectivity index (χ0v) is 12.8. The summed E-state index contributed by atoms with van der Waals surface area (Å²) in [5.41, 5.74) is 1.06. The molecule has 0 unspecified atom stereocenters. The first-order chi connectivity index (χ1) is 9.65. The Kier molecular flexibility index (Phi) is 3.39. The molecule has 0 amide bonds. The van der Waals surface area contributed by atoms with Crippen LogP contribution < -0.4 is 4.90 Å². The van der Waals surface area contributed by atoms with E-state index in [-0.39, 0.29) is 0 Å². The maximum Gasteiger partial charge on any atom is 0.252 e. The van der Waals surface area contributed by atoms with E-state index < -0.39 is 0 Å². The normalized spacial score (nSPS) is 11.2. The van der Waals surface area contributed by atoms with Gasteiger partial charge in [0.05, 0.1) is 22.9 Å². The smallest absolute Gasteiger partial charge is 0.252 e. The van der Waals surface area contributed by atoms with Gasteiger partial charge in [0.15, 0.2) is 5.82 Å². The fraction of sp³-hybridized carbons (Fsp3) is 0.333. The Morgan fingerprint density at radius 3 is 2.85 bits per heavy atom. The summed E-state index contributed by atoms with van der Waals surface area (Å²) in [5, 5.41) is 8.63. The molecule has 0 N–H and O–H groups in total. The summed E-state index contributed by atoms with van der Waals surface area (Å²) in [5.74, 6) is 1.34. The Morgan fingerprint density at radius 2 is 2.15 bits per heavy atom. The van der Waals surface area contributed by atoms with Crippen LogP contribution in [0.25, 0.3) is 5.78 Å². The molecule has 0 atom stereocenters. The van der Waals surface area contributed by atoms with Gasteiger partial charge < -0.3 is 4.90 Å². The molecule has 0 bridgehead atoms. The first-order valence-corrected chi connectivity index (χ1v) is 7.05. The summed E-state index contributed by atoms with van der Waals surface area (Å²) >= 11 is 3.37. The van der Waals surface area contributed by atoms with Crippen molar-refractivity contribution in [3.05, 3.63) is 35.1 Å². The minimum atomic E-state index is 0.602. The van der Waals surface area contributed by atoms with Gasteiger partial charge in [-0.25, -0.2) is 9.50 Å². The zero-order valence-electron chi connectivity index (χ0n) is 11.2. The van der Waals surface area contributed by atoms with Crippen LogP contribution in [0.15, 0.2) is 29.3 Å².